The van der Waals surface area contributed by atoms with Gasteiger partial charge in [-0.05, 0) is 12.5 Å². The first-order chi connectivity index (χ1) is 12.2. The van der Waals surface area contributed by atoms with E-state index in [0.717, 1.165) is 31.0 Å². The van der Waals surface area contributed by atoms with Crippen LogP contribution in [0.1, 0.15) is 6.42 Å². The number of nitrogens with one attached hydrogen (secondary N) is 2. The molecular formula is C16H23N7O2. The van der Waals surface area contributed by atoms with Crippen molar-refractivity contribution in [3.63, 3.8) is 0 Å². The lowest BCUT2D eigenvalue weighted by molar-refractivity contribution is 0.0374. The van der Waals surface area contributed by atoms with Gasteiger partial charge in [0.1, 0.15) is 5.82 Å². The highest BCUT2D eigenvalue weighted by molar-refractivity contribution is 5.43. The molecule has 0 aromatic carbocycles. The summed E-state index contributed by atoms with van der Waals surface area (Å²) in [7, 11) is 3.47. The van der Waals surface area contributed by atoms with Crippen LogP contribution in [0.3, 0.4) is 0 Å². The fourth-order valence-corrected chi connectivity index (χ4v) is 2.69. The van der Waals surface area contributed by atoms with E-state index in [1.807, 2.05) is 13.1 Å². The molecule has 2 N–H and O–H groups in total. The Balaban J connectivity index is 1.53. The number of anilines is 3. The summed E-state index contributed by atoms with van der Waals surface area (Å²) in [4.78, 5) is 22.4. The topological polar surface area (TPSA) is 97.2 Å². The van der Waals surface area contributed by atoms with E-state index in [0.29, 0.717) is 19.1 Å². The fourth-order valence-electron chi connectivity index (χ4n) is 2.69. The third-order valence-electron chi connectivity index (χ3n) is 4.12. The first kappa shape index (κ1) is 17.2. The molecule has 0 spiro atoms. The Morgan fingerprint density at radius 1 is 1.44 bits per heavy atom. The molecule has 1 aliphatic rings. The van der Waals surface area contributed by atoms with Gasteiger partial charge in [-0.25, -0.2) is 9.67 Å². The third-order valence-corrected chi connectivity index (χ3v) is 4.12. The van der Waals surface area contributed by atoms with Crippen LogP contribution in [-0.4, -0.2) is 59.1 Å². The van der Waals surface area contributed by atoms with Crippen LogP contribution in [0.4, 0.5) is 17.5 Å². The predicted octanol–water partition coefficient (Wildman–Crippen LogP) is 0.319. The van der Waals surface area contributed by atoms with E-state index in [1.165, 1.54) is 4.68 Å². The molecule has 0 radical (unpaired) electrons. The van der Waals surface area contributed by atoms with Gasteiger partial charge in [0.25, 0.3) is 5.56 Å². The Hall–Kier alpha value is -2.68. The zero-order chi connectivity index (χ0) is 17.6. The average molecular weight is 345 g/mol. The highest BCUT2D eigenvalue weighted by atomic mass is 16.5. The highest BCUT2D eigenvalue weighted by Gasteiger charge is 2.21. The van der Waals surface area contributed by atoms with Crippen molar-refractivity contribution in [2.24, 2.45) is 7.05 Å². The molecule has 1 saturated heterocycles. The maximum Gasteiger partial charge on any atom is 0.268 e. The molecule has 0 amide bonds. The maximum absolute atomic E-state index is 11.8. The van der Waals surface area contributed by atoms with Gasteiger partial charge >= 0.3 is 0 Å². The molecule has 0 aliphatic carbocycles. The molecule has 2 aromatic rings. The summed E-state index contributed by atoms with van der Waals surface area (Å²) in [5, 5.41) is 10.3. The van der Waals surface area contributed by atoms with Gasteiger partial charge in [-0.15, -0.1) is 0 Å². The quantitative estimate of drug-likeness (QED) is 0.773. The molecule has 25 heavy (non-hydrogen) atoms. The Kier molecular flexibility index (Phi) is 5.44. The van der Waals surface area contributed by atoms with Crippen LogP contribution < -0.4 is 21.1 Å². The monoisotopic (exact) mass is 345 g/mol. The molecule has 1 atom stereocenters. The van der Waals surface area contributed by atoms with Gasteiger partial charge in [0.2, 0.25) is 5.95 Å². The normalized spacial score (nSPS) is 17.4. The van der Waals surface area contributed by atoms with Gasteiger partial charge in [0, 0.05) is 46.0 Å². The summed E-state index contributed by atoms with van der Waals surface area (Å²) < 4.78 is 7.15. The van der Waals surface area contributed by atoms with E-state index in [4.69, 9.17) is 4.74 Å². The number of nitrogens with zero attached hydrogens (tertiary/aromatic N) is 5. The summed E-state index contributed by atoms with van der Waals surface area (Å²) in [6, 6.07) is 3.43. The minimum atomic E-state index is -0.108. The van der Waals surface area contributed by atoms with E-state index in [2.05, 4.69) is 30.6 Å². The van der Waals surface area contributed by atoms with E-state index < -0.39 is 0 Å². The van der Waals surface area contributed by atoms with Crippen LogP contribution in [0.5, 0.6) is 0 Å². The first-order valence-electron chi connectivity index (χ1n) is 8.30. The Bertz CT molecular complexity index is 764. The smallest absolute Gasteiger partial charge is 0.268 e. The second kappa shape index (κ2) is 7.93. The molecule has 1 fully saturated rings. The standard InChI is InChI=1S/C16H23N7O2/c1-17-14-4-6-19-16(21-14)18-5-3-13-11-23(7-8-25-13)12-9-15(24)22(2)20-10-12/h4,6,9-10,13H,3,5,7-8,11H2,1-2H3,(H2,17,18,19,21). The molecule has 1 unspecified atom stereocenters. The van der Waals surface area contributed by atoms with Gasteiger partial charge in [-0.1, -0.05) is 0 Å². The number of aryl methyl sites for hydroxylation is 1. The van der Waals surface area contributed by atoms with Crippen molar-refractivity contribution < 1.29 is 4.74 Å². The van der Waals surface area contributed by atoms with Crippen molar-refractivity contribution in [3.8, 4) is 0 Å². The van der Waals surface area contributed by atoms with Crippen molar-refractivity contribution in [2.45, 2.75) is 12.5 Å². The Morgan fingerprint density at radius 3 is 3.12 bits per heavy atom. The first-order valence-corrected chi connectivity index (χ1v) is 8.30. The van der Waals surface area contributed by atoms with Crippen LogP contribution in [0.15, 0.2) is 29.3 Å². The van der Waals surface area contributed by atoms with E-state index in [1.54, 1.807) is 25.5 Å². The predicted molar refractivity (Wildman–Crippen MR) is 96.1 cm³/mol. The van der Waals surface area contributed by atoms with Crippen molar-refractivity contribution in [2.75, 3.05) is 48.8 Å². The van der Waals surface area contributed by atoms with E-state index >= 15 is 0 Å². The summed E-state index contributed by atoms with van der Waals surface area (Å²) in [6.07, 6.45) is 4.34. The average Bonchev–Trinajstić information content (AvgIpc) is 2.64. The number of morpholine rings is 1. The minimum Gasteiger partial charge on any atom is -0.374 e. The summed E-state index contributed by atoms with van der Waals surface area (Å²) in [6.45, 7) is 2.83. The van der Waals surface area contributed by atoms with Crippen LogP contribution in [0, 0.1) is 0 Å². The number of rotatable bonds is 6. The van der Waals surface area contributed by atoms with Gasteiger partial charge in [-0.3, -0.25) is 4.79 Å². The van der Waals surface area contributed by atoms with Crippen molar-refractivity contribution in [3.05, 3.63) is 34.9 Å². The van der Waals surface area contributed by atoms with Crippen molar-refractivity contribution in [1.29, 1.82) is 0 Å². The fraction of sp³-hybridized carbons (Fsp3) is 0.500. The van der Waals surface area contributed by atoms with Crippen molar-refractivity contribution in [1.82, 2.24) is 19.7 Å². The number of ether oxygens (including phenoxy) is 1. The molecule has 3 rings (SSSR count). The summed E-state index contributed by atoms with van der Waals surface area (Å²) in [5.74, 6) is 1.37. The van der Waals surface area contributed by atoms with Crippen molar-refractivity contribution >= 4 is 17.5 Å². The number of hydrogen-bond donors (Lipinski definition) is 2. The van der Waals surface area contributed by atoms with Crippen LogP contribution in [-0.2, 0) is 11.8 Å². The second-order valence-electron chi connectivity index (χ2n) is 5.85. The van der Waals surface area contributed by atoms with Crippen LogP contribution in [0.25, 0.3) is 0 Å². The molecule has 0 saturated carbocycles. The molecule has 0 bridgehead atoms. The molecule has 9 nitrogen and oxygen atoms in total. The third kappa shape index (κ3) is 4.44. The second-order valence-corrected chi connectivity index (χ2v) is 5.85. The Labute approximate surface area is 146 Å². The molecular weight excluding hydrogens is 322 g/mol. The van der Waals surface area contributed by atoms with Gasteiger partial charge < -0.3 is 20.3 Å². The highest BCUT2D eigenvalue weighted by Crippen LogP contribution is 2.16. The number of aromatic nitrogens is 4. The van der Waals surface area contributed by atoms with Crippen LogP contribution >= 0.6 is 0 Å². The lowest BCUT2D eigenvalue weighted by Crippen LogP contribution is -2.43. The summed E-state index contributed by atoms with van der Waals surface area (Å²) in [5.41, 5.74) is 0.734. The Morgan fingerprint density at radius 2 is 2.32 bits per heavy atom. The molecule has 9 heteroatoms. The molecule has 3 heterocycles. The summed E-state index contributed by atoms with van der Waals surface area (Å²) >= 11 is 0. The van der Waals surface area contributed by atoms with Gasteiger partial charge in [0.05, 0.1) is 24.6 Å². The molecule has 2 aromatic heterocycles. The van der Waals surface area contributed by atoms with Gasteiger partial charge in [0.15, 0.2) is 0 Å². The van der Waals surface area contributed by atoms with Crippen LogP contribution in [0.2, 0.25) is 0 Å². The SMILES string of the molecule is CNc1ccnc(NCCC2CN(c3cnn(C)c(=O)c3)CCO2)n1. The molecule has 1 aliphatic heterocycles. The van der Waals surface area contributed by atoms with Gasteiger partial charge in [-0.2, -0.15) is 10.1 Å². The van der Waals surface area contributed by atoms with E-state index in [9.17, 15) is 4.79 Å². The van der Waals surface area contributed by atoms with E-state index in [-0.39, 0.29) is 11.7 Å². The zero-order valence-electron chi connectivity index (χ0n) is 14.5. The molecule has 134 valence electrons. The largest absolute Gasteiger partial charge is 0.374 e. The maximum atomic E-state index is 11.8. The lowest BCUT2D eigenvalue weighted by atomic mass is 10.2. The number of hydrogen-bond acceptors (Lipinski definition) is 8. The minimum absolute atomic E-state index is 0.0813. The zero-order valence-corrected chi connectivity index (χ0v) is 14.5. The lowest BCUT2D eigenvalue weighted by Gasteiger charge is -2.34.